The number of benzene rings is 1. The predicted octanol–water partition coefficient (Wildman–Crippen LogP) is 4.52. The van der Waals surface area contributed by atoms with Crippen molar-refractivity contribution in [1.82, 2.24) is 30.2 Å². The number of fused-ring (bicyclic) bond motifs is 7. The molecule has 3 heterocycles. The summed E-state index contributed by atoms with van der Waals surface area (Å²) in [6, 6.07) is 4.41. The molecule has 324 valence electrons. The lowest BCUT2D eigenvalue weighted by Gasteiger charge is -2.36. The zero-order chi connectivity index (χ0) is 43.1. The molecule has 5 fully saturated rings. The van der Waals surface area contributed by atoms with E-state index in [0.29, 0.717) is 40.5 Å². The fourth-order valence-electron chi connectivity index (χ4n) is 9.69. The van der Waals surface area contributed by atoms with E-state index in [9.17, 15) is 41.6 Å². The second-order valence-electron chi connectivity index (χ2n) is 19.3. The van der Waals surface area contributed by atoms with E-state index in [1.54, 1.807) is 45.9 Å². The van der Waals surface area contributed by atoms with Gasteiger partial charge in [-0.3, -0.25) is 19.1 Å². The molecule has 1 saturated heterocycles. The van der Waals surface area contributed by atoms with Gasteiger partial charge in [-0.25, -0.2) is 32.0 Å². The molecule has 0 spiro atoms. The third-order valence-electron chi connectivity index (χ3n) is 14.0. The first kappa shape index (κ1) is 42.0. The Labute approximate surface area is 348 Å². The van der Waals surface area contributed by atoms with Crippen molar-refractivity contribution < 1.29 is 45.9 Å². The van der Waals surface area contributed by atoms with Gasteiger partial charge in [-0.2, -0.15) is 5.26 Å². The van der Waals surface area contributed by atoms with Crippen LogP contribution < -0.4 is 20.1 Å². The molecular weight excluding hydrogens is 801 g/mol. The number of hydrogen-bond acceptors (Lipinski definition) is 11. The number of nitriles is 1. The van der Waals surface area contributed by atoms with Crippen molar-refractivity contribution in [2.24, 2.45) is 35.0 Å². The van der Waals surface area contributed by atoms with Crippen LogP contribution in [0.3, 0.4) is 0 Å². The fourth-order valence-corrected chi connectivity index (χ4v) is 11.0. The summed E-state index contributed by atoms with van der Waals surface area (Å²) in [7, 11) is -4.25. The Morgan fingerprint density at radius 2 is 1.80 bits per heavy atom. The van der Waals surface area contributed by atoms with Gasteiger partial charge < -0.3 is 25.0 Å². The van der Waals surface area contributed by atoms with Crippen LogP contribution in [0.25, 0.3) is 11.0 Å². The molecule has 4 amide bonds. The smallest absolute Gasteiger partial charge is 0.408 e. The van der Waals surface area contributed by atoms with Crippen molar-refractivity contribution in [3.8, 4) is 11.9 Å². The first-order valence-electron chi connectivity index (χ1n) is 21.1. The third kappa shape index (κ3) is 7.75. The van der Waals surface area contributed by atoms with Gasteiger partial charge in [0.2, 0.25) is 34.1 Å². The molecule has 15 nitrogen and oxygen atoms in total. The van der Waals surface area contributed by atoms with E-state index in [2.05, 4.69) is 16.7 Å². The summed E-state index contributed by atoms with van der Waals surface area (Å²) >= 11 is 0. The molecule has 1 aromatic carbocycles. The molecule has 2 aromatic rings. The third-order valence-corrected chi connectivity index (χ3v) is 16.1. The summed E-state index contributed by atoms with van der Waals surface area (Å²) in [5, 5.41) is 14.9. The lowest BCUT2D eigenvalue weighted by atomic mass is 9.85. The van der Waals surface area contributed by atoms with E-state index in [1.165, 1.54) is 11.8 Å². The van der Waals surface area contributed by atoms with Crippen LogP contribution in [0.15, 0.2) is 18.2 Å². The summed E-state index contributed by atoms with van der Waals surface area (Å²) in [4.78, 5) is 67.8. The molecule has 4 saturated carbocycles. The minimum atomic E-state index is -4.25. The highest BCUT2D eigenvalue weighted by atomic mass is 32.2. The number of carbonyl (C=O) groups is 4. The highest BCUT2D eigenvalue weighted by Crippen LogP contribution is 2.58. The van der Waals surface area contributed by atoms with Crippen LogP contribution in [-0.4, -0.2) is 94.6 Å². The molecule has 2 unspecified atom stereocenters. The van der Waals surface area contributed by atoms with Crippen LogP contribution in [0.2, 0.25) is 0 Å². The minimum absolute atomic E-state index is 0.157. The molecule has 2 aliphatic heterocycles. The van der Waals surface area contributed by atoms with Gasteiger partial charge in [0, 0.05) is 5.92 Å². The van der Waals surface area contributed by atoms with Gasteiger partial charge in [0.25, 0.3) is 5.91 Å². The number of nitrogens with zero attached hydrogens (tertiary/aromatic N) is 4. The second-order valence-corrected chi connectivity index (χ2v) is 21.5. The lowest BCUT2D eigenvalue weighted by molar-refractivity contribution is -0.143. The molecule has 8 rings (SSSR count). The predicted molar refractivity (Wildman–Crippen MR) is 212 cm³/mol. The van der Waals surface area contributed by atoms with Crippen LogP contribution in [0, 0.1) is 46.3 Å². The van der Waals surface area contributed by atoms with Crippen LogP contribution in [-0.2, 0) is 35.6 Å². The maximum absolute atomic E-state index is 14.9. The van der Waals surface area contributed by atoms with Crippen molar-refractivity contribution in [3.05, 3.63) is 29.5 Å². The number of carbonyl (C=O) groups excluding carboxylic acids is 4. The maximum Gasteiger partial charge on any atom is 0.408 e. The van der Waals surface area contributed by atoms with Crippen molar-refractivity contribution in [1.29, 1.82) is 5.26 Å². The molecule has 18 heteroatoms. The molecule has 2 bridgehead atoms. The number of nitrogens with one attached hydrogen (secondary N) is 3. The largest absolute Gasteiger partial charge is 0.471 e. The summed E-state index contributed by atoms with van der Waals surface area (Å²) in [5.41, 5.74) is -1.31. The van der Waals surface area contributed by atoms with Crippen molar-refractivity contribution >= 4 is 44.9 Å². The number of ether oxygens (including phenoxy) is 2. The molecule has 1 aromatic heterocycles. The standard InChI is InChI=1S/C42H53F2N7O8S/c1-21-31-20-51(32(21)35(52)49-42(18-26(42)34(43)44)38(54)50-60(56,57)41(5)13-14-41)37(53)33(40(2,3)4)48-39(55)59-30-17-23-16-25(23)24(30)9-7-6-8-10-28-36(58-31)47-29-15-22(19-45)11-12-27(29)46-28/h11-12,15,21,23-26,30-34H,6-10,13-14,16-18,20H2,1-5H3,(H,48,55)(H,49,52)(H,50,54)/t21-,23?,24-,25+,26+,30-,31+,32+,33-,42?/m1/s1. The molecule has 3 N–H and O–H groups in total. The molecule has 60 heavy (non-hydrogen) atoms. The Bertz CT molecular complexity index is 2260. The normalized spacial score (nSPS) is 33.7. The monoisotopic (exact) mass is 853 g/mol. The molecule has 4 aliphatic carbocycles. The summed E-state index contributed by atoms with van der Waals surface area (Å²) < 4.78 is 68.3. The number of alkyl carbamates (subject to hydrolysis) is 1. The lowest BCUT2D eigenvalue weighted by Crippen LogP contribution is -2.61. The van der Waals surface area contributed by atoms with Gasteiger partial charge in [0.05, 0.1) is 39.9 Å². The van der Waals surface area contributed by atoms with Crippen molar-refractivity contribution in [2.75, 3.05) is 6.54 Å². The minimum Gasteiger partial charge on any atom is -0.471 e. The van der Waals surface area contributed by atoms with Crippen LogP contribution in [0.1, 0.15) is 104 Å². The van der Waals surface area contributed by atoms with E-state index >= 15 is 0 Å². The highest BCUT2D eigenvalue weighted by Gasteiger charge is 2.68. The summed E-state index contributed by atoms with van der Waals surface area (Å²) in [6.45, 7) is 8.14. The van der Waals surface area contributed by atoms with Crippen LogP contribution in [0.5, 0.6) is 5.88 Å². The molecular formula is C42H53F2N7O8S. The fraction of sp³-hybridized carbons (Fsp3) is 0.690. The number of aryl methyl sites for hydroxylation is 1. The zero-order valence-corrected chi connectivity index (χ0v) is 35.3. The summed E-state index contributed by atoms with van der Waals surface area (Å²) in [5.74, 6) is -4.11. The zero-order valence-electron chi connectivity index (χ0n) is 34.5. The summed E-state index contributed by atoms with van der Waals surface area (Å²) in [6.07, 6.45) is 0.720. The Morgan fingerprint density at radius 1 is 1.05 bits per heavy atom. The molecule has 10 atom stereocenters. The van der Waals surface area contributed by atoms with E-state index in [1.807, 2.05) is 4.72 Å². The molecule has 0 radical (unpaired) electrons. The number of aromatic nitrogens is 2. The number of sulfonamides is 1. The number of hydrogen-bond donors (Lipinski definition) is 3. The highest BCUT2D eigenvalue weighted by molar-refractivity contribution is 7.91. The van der Waals surface area contributed by atoms with Crippen LogP contribution in [0.4, 0.5) is 13.6 Å². The number of amides is 4. The van der Waals surface area contributed by atoms with Crippen LogP contribution >= 0.6 is 0 Å². The van der Waals surface area contributed by atoms with Crippen molar-refractivity contribution in [3.63, 3.8) is 0 Å². The van der Waals surface area contributed by atoms with Gasteiger partial charge in [0.15, 0.2) is 0 Å². The number of alkyl halides is 2. The van der Waals surface area contributed by atoms with Gasteiger partial charge in [0.1, 0.15) is 35.5 Å². The van der Waals surface area contributed by atoms with Gasteiger partial charge in [-0.15, -0.1) is 0 Å². The van der Waals surface area contributed by atoms with Gasteiger partial charge >= 0.3 is 6.09 Å². The second kappa shape index (κ2) is 15.1. The Balaban J connectivity index is 1.15. The first-order chi connectivity index (χ1) is 28.2. The Morgan fingerprint density at radius 3 is 2.47 bits per heavy atom. The van der Waals surface area contributed by atoms with Gasteiger partial charge in [-0.1, -0.05) is 40.5 Å². The van der Waals surface area contributed by atoms with E-state index in [4.69, 9.17) is 19.4 Å². The Hall–Kier alpha value is -4.66. The first-order valence-corrected chi connectivity index (χ1v) is 22.6. The topological polar surface area (TPSA) is 210 Å². The number of rotatable bonds is 6. The number of halogens is 2. The maximum atomic E-state index is 14.9. The SMILES string of the molecule is C[C@@H]1[C@@H]2CN(C(=O)[C@H](C(C)(C)C)NC(=O)O[C@@H]3CC4C[C@@H]4[C@H]3CCCCCc3nc4ccc(C#N)cc4nc3O2)[C@@H]1C(=O)NC1(C(=O)NS(=O)(=O)C2(C)CC2)C[C@H]1C(F)F. The van der Waals surface area contributed by atoms with Crippen molar-refractivity contribution in [2.45, 2.75) is 140 Å². The molecule has 6 aliphatic rings. The van der Waals surface area contributed by atoms with Gasteiger partial charge in [-0.05, 0) is 99.7 Å². The van der Waals surface area contributed by atoms with E-state index in [0.717, 1.165) is 38.5 Å². The quantitative estimate of drug-likeness (QED) is 0.368. The van der Waals surface area contributed by atoms with E-state index in [-0.39, 0.29) is 37.3 Å². The average Bonchev–Trinajstić information content (AvgIpc) is 4.13. The average molecular weight is 854 g/mol. The van der Waals surface area contributed by atoms with E-state index < -0.39 is 92.4 Å². The Kier molecular flexibility index (Phi) is 10.6.